The Bertz CT molecular complexity index is 418. The molecule has 94 valence electrons. The highest BCUT2D eigenvalue weighted by Gasteiger charge is 2.19. The van der Waals surface area contributed by atoms with Crippen LogP contribution in [0.25, 0.3) is 0 Å². The summed E-state index contributed by atoms with van der Waals surface area (Å²) in [5.74, 6) is -0.763. The van der Waals surface area contributed by atoms with Crippen LogP contribution in [0.3, 0.4) is 0 Å². The number of amides is 1. The Hall–Kier alpha value is -1.58. The molecule has 0 aliphatic heterocycles. The molecule has 2 N–H and O–H groups in total. The van der Waals surface area contributed by atoms with Gasteiger partial charge in [0.1, 0.15) is 5.82 Å². The lowest BCUT2D eigenvalue weighted by atomic mass is 10.1. The SMILES string of the molecule is CCCN(CC)C(=O)c1cc(N)cc(C)c1F. The number of nitrogens with two attached hydrogens (primary N) is 1. The second-order valence-electron chi connectivity index (χ2n) is 4.08. The lowest BCUT2D eigenvalue weighted by Crippen LogP contribution is -2.32. The zero-order valence-electron chi connectivity index (χ0n) is 10.6. The molecule has 0 bridgehead atoms. The normalized spacial score (nSPS) is 10.4. The van der Waals surface area contributed by atoms with Gasteiger partial charge in [0.25, 0.3) is 5.91 Å². The van der Waals surface area contributed by atoms with Gasteiger partial charge in [0.05, 0.1) is 5.56 Å². The monoisotopic (exact) mass is 238 g/mol. The fourth-order valence-corrected chi connectivity index (χ4v) is 1.80. The highest BCUT2D eigenvalue weighted by Crippen LogP contribution is 2.18. The van der Waals surface area contributed by atoms with Gasteiger partial charge in [-0.3, -0.25) is 4.79 Å². The van der Waals surface area contributed by atoms with E-state index in [9.17, 15) is 9.18 Å². The van der Waals surface area contributed by atoms with Crippen molar-refractivity contribution in [3.05, 3.63) is 29.1 Å². The third kappa shape index (κ3) is 2.96. The molecule has 0 heterocycles. The molecule has 1 aromatic rings. The van der Waals surface area contributed by atoms with Gasteiger partial charge in [0.2, 0.25) is 0 Å². The number of hydrogen-bond acceptors (Lipinski definition) is 2. The lowest BCUT2D eigenvalue weighted by Gasteiger charge is -2.21. The van der Waals surface area contributed by atoms with Gasteiger partial charge in [0, 0.05) is 18.8 Å². The first-order valence-electron chi connectivity index (χ1n) is 5.86. The van der Waals surface area contributed by atoms with Gasteiger partial charge in [-0.25, -0.2) is 4.39 Å². The molecule has 0 radical (unpaired) electrons. The lowest BCUT2D eigenvalue weighted by molar-refractivity contribution is 0.0759. The fourth-order valence-electron chi connectivity index (χ4n) is 1.80. The molecule has 17 heavy (non-hydrogen) atoms. The minimum absolute atomic E-state index is 0.0674. The number of hydrogen-bond donors (Lipinski definition) is 1. The number of aryl methyl sites for hydroxylation is 1. The zero-order valence-corrected chi connectivity index (χ0v) is 10.6. The van der Waals surface area contributed by atoms with E-state index >= 15 is 0 Å². The third-order valence-electron chi connectivity index (χ3n) is 2.67. The van der Waals surface area contributed by atoms with Gasteiger partial charge in [-0.15, -0.1) is 0 Å². The van der Waals surface area contributed by atoms with E-state index in [-0.39, 0.29) is 11.5 Å². The number of nitrogens with zero attached hydrogens (tertiary/aromatic N) is 1. The van der Waals surface area contributed by atoms with Crippen molar-refractivity contribution in [2.24, 2.45) is 0 Å². The summed E-state index contributed by atoms with van der Waals surface area (Å²) in [4.78, 5) is 13.7. The van der Waals surface area contributed by atoms with Crippen molar-refractivity contribution < 1.29 is 9.18 Å². The maximum absolute atomic E-state index is 13.9. The largest absolute Gasteiger partial charge is 0.399 e. The van der Waals surface area contributed by atoms with Crippen LogP contribution in [0.5, 0.6) is 0 Å². The van der Waals surface area contributed by atoms with Crippen molar-refractivity contribution in [2.75, 3.05) is 18.8 Å². The smallest absolute Gasteiger partial charge is 0.256 e. The zero-order chi connectivity index (χ0) is 13.0. The van der Waals surface area contributed by atoms with Crippen LogP contribution in [0.4, 0.5) is 10.1 Å². The predicted octanol–water partition coefficient (Wildman–Crippen LogP) is 2.59. The summed E-state index contributed by atoms with van der Waals surface area (Å²) in [6.07, 6.45) is 0.850. The quantitative estimate of drug-likeness (QED) is 0.819. The number of carbonyl (C=O) groups is 1. The van der Waals surface area contributed by atoms with Crippen LogP contribution in [0, 0.1) is 12.7 Å². The molecular formula is C13H19FN2O. The van der Waals surface area contributed by atoms with Crippen molar-refractivity contribution >= 4 is 11.6 Å². The molecule has 0 spiro atoms. The molecule has 0 saturated heterocycles. The summed E-state index contributed by atoms with van der Waals surface area (Å²) in [6.45, 7) is 6.67. The van der Waals surface area contributed by atoms with Gasteiger partial charge in [-0.1, -0.05) is 6.92 Å². The first-order chi connectivity index (χ1) is 8.01. The molecule has 1 aromatic carbocycles. The maximum Gasteiger partial charge on any atom is 0.256 e. The highest BCUT2D eigenvalue weighted by molar-refractivity contribution is 5.95. The van der Waals surface area contributed by atoms with E-state index < -0.39 is 5.82 Å². The Morgan fingerprint density at radius 2 is 2.06 bits per heavy atom. The molecule has 0 saturated carbocycles. The molecule has 0 fully saturated rings. The first kappa shape index (κ1) is 13.5. The minimum Gasteiger partial charge on any atom is -0.399 e. The average Bonchev–Trinajstić information content (AvgIpc) is 2.29. The number of halogens is 1. The van der Waals surface area contributed by atoms with Crippen molar-refractivity contribution in [3.63, 3.8) is 0 Å². The maximum atomic E-state index is 13.9. The van der Waals surface area contributed by atoms with Gasteiger partial charge >= 0.3 is 0 Å². The molecule has 0 unspecified atom stereocenters. The summed E-state index contributed by atoms with van der Waals surface area (Å²) in [7, 11) is 0. The number of carbonyl (C=O) groups excluding carboxylic acids is 1. The Morgan fingerprint density at radius 1 is 1.41 bits per heavy atom. The number of rotatable bonds is 4. The van der Waals surface area contributed by atoms with Gasteiger partial charge in [-0.2, -0.15) is 0 Å². The topological polar surface area (TPSA) is 46.3 Å². The minimum atomic E-state index is -0.473. The summed E-state index contributed by atoms with van der Waals surface area (Å²) in [5, 5.41) is 0. The van der Waals surface area contributed by atoms with Crippen molar-refractivity contribution in [1.29, 1.82) is 0 Å². The van der Waals surface area contributed by atoms with E-state index in [1.54, 1.807) is 11.8 Å². The highest BCUT2D eigenvalue weighted by atomic mass is 19.1. The third-order valence-corrected chi connectivity index (χ3v) is 2.67. The molecule has 0 aliphatic rings. The van der Waals surface area contributed by atoms with Crippen LogP contribution in [0.2, 0.25) is 0 Å². The van der Waals surface area contributed by atoms with Crippen LogP contribution in [-0.4, -0.2) is 23.9 Å². The van der Waals surface area contributed by atoms with Crippen LogP contribution < -0.4 is 5.73 Å². The molecule has 3 nitrogen and oxygen atoms in total. The molecule has 1 amide bonds. The Morgan fingerprint density at radius 3 is 2.59 bits per heavy atom. The molecule has 1 rings (SSSR count). The van der Waals surface area contributed by atoms with E-state index in [2.05, 4.69) is 0 Å². The standard InChI is InChI=1S/C13H19FN2O/c1-4-6-16(5-2)13(17)11-8-10(15)7-9(3)12(11)14/h7-8H,4-6,15H2,1-3H3. The molecule has 0 aromatic heterocycles. The number of nitrogen functional groups attached to an aromatic ring is 1. The van der Waals surface area contributed by atoms with E-state index in [1.807, 2.05) is 13.8 Å². The van der Waals surface area contributed by atoms with Crippen molar-refractivity contribution in [1.82, 2.24) is 4.90 Å². The molecule has 4 heteroatoms. The van der Waals surface area contributed by atoms with Crippen LogP contribution in [0.15, 0.2) is 12.1 Å². The van der Waals surface area contributed by atoms with E-state index in [4.69, 9.17) is 5.73 Å². The Balaban J connectivity index is 3.10. The van der Waals surface area contributed by atoms with Crippen LogP contribution in [0.1, 0.15) is 36.2 Å². The van der Waals surface area contributed by atoms with Gasteiger partial charge in [0.15, 0.2) is 0 Å². The fraction of sp³-hybridized carbons (Fsp3) is 0.462. The second kappa shape index (κ2) is 5.66. The van der Waals surface area contributed by atoms with Gasteiger partial charge < -0.3 is 10.6 Å². The second-order valence-corrected chi connectivity index (χ2v) is 4.08. The number of anilines is 1. The predicted molar refractivity (Wildman–Crippen MR) is 67.4 cm³/mol. The van der Waals surface area contributed by atoms with E-state index in [0.29, 0.717) is 24.3 Å². The summed E-state index contributed by atoms with van der Waals surface area (Å²) in [5.41, 5.74) is 6.53. The van der Waals surface area contributed by atoms with E-state index in [0.717, 1.165) is 6.42 Å². The van der Waals surface area contributed by atoms with Crippen molar-refractivity contribution in [2.45, 2.75) is 27.2 Å². The summed E-state index contributed by atoms with van der Waals surface area (Å²) < 4.78 is 13.9. The van der Waals surface area contributed by atoms with Crippen LogP contribution >= 0.6 is 0 Å². The molecule has 0 aliphatic carbocycles. The van der Waals surface area contributed by atoms with Gasteiger partial charge in [-0.05, 0) is 38.0 Å². The Kier molecular flexibility index (Phi) is 4.49. The average molecular weight is 238 g/mol. The summed E-state index contributed by atoms with van der Waals surface area (Å²) in [6, 6.07) is 2.94. The Labute approximate surface area is 101 Å². The molecule has 0 atom stereocenters. The van der Waals surface area contributed by atoms with Crippen LogP contribution in [-0.2, 0) is 0 Å². The first-order valence-corrected chi connectivity index (χ1v) is 5.86. The van der Waals surface area contributed by atoms with E-state index in [1.165, 1.54) is 12.1 Å². The van der Waals surface area contributed by atoms with Crippen molar-refractivity contribution in [3.8, 4) is 0 Å². The molecular weight excluding hydrogens is 219 g/mol. The summed E-state index contributed by atoms with van der Waals surface area (Å²) >= 11 is 0. The number of benzene rings is 1.